The lowest BCUT2D eigenvalue weighted by Crippen LogP contribution is -2.49. The van der Waals surface area contributed by atoms with E-state index in [0.29, 0.717) is 23.5 Å². The number of rotatable bonds is 5. The van der Waals surface area contributed by atoms with Crippen LogP contribution in [-0.4, -0.2) is 86.4 Å². The highest BCUT2D eigenvalue weighted by Crippen LogP contribution is 2.31. The van der Waals surface area contributed by atoms with Crippen LogP contribution in [0.2, 0.25) is 0 Å². The van der Waals surface area contributed by atoms with Gasteiger partial charge in [-0.25, -0.2) is 9.98 Å². The number of nitriles is 1. The summed E-state index contributed by atoms with van der Waals surface area (Å²) < 4.78 is 0. The number of aliphatic imine (C=N–C) groups is 2. The average molecular weight is 473 g/mol. The average Bonchev–Trinajstić information content (AvgIpc) is 2.87. The summed E-state index contributed by atoms with van der Waals surface area (Å²) in [6.07, 6.45) is 4.80. The van der Waals surface area contributed by atoms with Gasteiger partial charge in [-0.2, -0.15) is 5.26 Å². The second-order valence-electron chi connectivity index (χ2n) is 9.82. The van der Waals surface area contributed by atoms with Crippen LogP contribution in [0.4, 0.5) is 5.69 Å². The quantitative estimate of drug-likeness (QED) is 0.532. The Morgan fingerprint density at radius 3 is 2.80 bits per heavy atom. The monoisotopic (exact) mass is 472 g/mol. The van der Waals surface area contributed by atoms with E-state index in [1.54, 1.807) is 6.20 Å². The molecule has 0 unspecified atom stereocenters. The number of likely N-dealkylation sites (N-methyl/N-ethyl adjacent to an activating group) is 1. The number of benzene rings is 1. The number of anilines is 1. The summed E-state index contributed by atoms with van der Waals surface area (Å²) in [6.45, 7) is 14.7. The Balaban J connectivity index is 1.41. The molecule has 2 aliphatic rings. The lowest BCUT2D eigenvalue weighted by molar-refractivity contribution is 0.214. The maximum atomic E-state index is 9.48. The maximum Gasteiger partial charge on any atom is 0.224 e. The molecule has 8 nitrogen and oxygen atoms in total. The molecule has 2 atom stereocenters. The molecular weight excluding hydrogens is 436 g/mol. The largest absolute Gasteiger partial charge is 0.369 e. The van der Waals surface area contributed by atoms with Crippen LogP contribution in [0.1, 0.15) is 25.8 Å². The second kappa shape index (κ2) is 11.4. The Bertz CT molecular complexity index is 1140. The van der Waals surface area contributed by atoms with Gasteiger partial charge < -0.3 is 20.0 Å². The summed E-state index contributed by atoms with van der Waals surface area (Å²) in [5.74, 6) is 1.26. The predicted octanol–water partition coefficient (Wildman–Crippen LogP) is 3.12. The fourth-order valence-corrected chi connectivity index (χ4v) is 4.97. The number of piperidine rings is 1. The fourth-order valence-electron chi connectivity index (χ4n) is 4.97. The molecule has 1 aromatic heterocycles. The van der Waals surface area contributed by atoms with Gasteiger partial charge in [0.15, 0.2) is 0 Å². The molecule has 35 heavy (non-hydrogen) atoms. The van der Waals surface area contributed by atoms with Crippen molar-refractivity contribution in [2.45, 2.75) is 26.3 Å². The third kappa shape index (κ3) is 6.05. The molecule has 2 aliphatic heterocycles. The van der Waals surface area contributed by atoms with Crippen molar-refractivity contribution in [1.82, 2.24) is 20.1 Å². The van der Waals surface area contributed by atoms with Gasteiger partial charge in [-0.15, -0.1) is 0 Å². The number of nitrogens with one attached hydrogen (secondary N) is 1. The normalized spacial score (nSPS) is 22.3. The molecule has 0 bridgehead atoms. The summed E-state index contributed by atoms with van der Waals surface area (Å²) >= 11 is 0. The van der Waals surface area contributed by atoms with E-state index >= 15 is 0 Å². The van der Waals surface area contributed by atoms with Crippen LogP contribution in [0.15, 0.2) is 52.2 Å². The number of fused-ring (bicyclic) bond motifs is 1. The van der Waals surface area contributed by atoms with E-state index < -0.39 is 0 Å². The number of aromatic nitrogens is 1. The minimum atomic E-state index is 0.364. The van der Waals surface area contributed by atoms with Crippen molar-refractivity contribution in [3.8, 4) is 6.07 Å². The Morgan fingerprint density at radius 1 is 1.26 bits per heavy atom. The van der Waals surface area contributed by atoms with Crippen LogP contribution in [-0.2, 0) is 0 Å². The van der Waals surface area contributed by atoms with Gasteiger partial charge in [-0.05, 0) is 62.9 Å². The number of guanidine groups is 1. The van der Waals surface area contributed by atoms with Crippen molar-refractivity contribution in [3.63, 3.8) is 0 Å². The molecule has 2 fully saturated rings. The minimum absolute atomic E-state index is 0.364. The van der Waals surface area contributed by atoms with Gasteiger partial charge in [0, 0.05) is 75.3 Å². The van der Waals surface area contributed by atoms with Gasteiger partial charge in [-0.3, -0.25) is 4.98 Å². The van der Waals surface area contributed by atoms with E-state index in [-0.39, 0.29) is 0 Å². The van der Waals surface area contributed by atoms with Gasteiger partial charge in [0.1, 0.15) is 6.07 Å². The zero-order chi connectivity index (χ0) is 24.8. The molecule has 184 valence electrons. The molecule has 1 aromatic carbocycles. The predicted molar refractivity (Wildman–Crippen MR) is 144 cm³/mol. The first-order valence-corrected chi connectivity index (χ1v) is 12.4. The first-order chi connectivity index (χ1) is 17.0. The van der Waals surface area contributed by atoms with E-state index in [1.165, 1.54) is 0 Å². The molecule has 0 saturated carbocycles. The summed E-state index contributed by atoms with van der Waals surface area (Å²) in [4.78, 5) is 20.2. The molecule has 2 saturated heterocycles. The van der Waals surface area contributed by atoms with E-state index in [2.05, 4.69) is 80.8 Å². The molecule has 8 heteroatoms. The third-order valence-electron chi connectivity index (χ3n) is 6.87. The zero-order valence-corrected chi connectivity index (χ0v) is 21.1. The Labute approximate surface area is 208 Å². The van der Waals surface area contributed by atoms with E-state index in [0.717, 1.165) is 74.4 Å². The Hall–Kier alpha value is -3.28. The van der Waals surface area contributed by atoms with Gasteiger partial charge in [0.25, 0.3) is 0 Å². The van der Waals surface area contributed by atoms with Crippen molar-refractivity contribution in [3.05, 3.63) is 47.8 Å². The first kappa shape index (κ1) is 24.8. The van der Waals surface area contributed by atoms with Crippen molar-refractivity contribution in [2.75, 3.05) is 57.8 Å². The number of pyridine rings is 1. The van der Waals surface area contributed by atoms with Crippen LogP contribution >= 0.6 is 0 Å². The number of hydrogen-bond acceptors (Lipinski definition) is 6. The summed E-state index contributed by atoms with van der Waals surface area (Å²) in [6, 6.07) is 10.6. The van der Waals surface area contributed by atoms with Crippen molar-refractivity contribution in [1.29, 1.82) is 5.26 Å². The van der Waals surface area contributed by atoms with Crippen molar-refractivity contribution < 1.29 is 0 Å². The van der Waals surface area contributed by atoms with Gasteiger partial charge in [0.2, 0.25) is 5.96 Å². The molecule has 4 rings (SSSR count). The molecular formula is C27H36N8. The highest BCUT2D eigenvalue weighted by molar-refractivity contribution is 5.95. The van der Waals surface area contributed by atoms with E-state index in [1.807, 2.05) is 18.3 Å². The molecule has 3 heterocycles. The zero-order valence-electron chi connectivity index (χ0n) is 21.1. The number of piperazine rings is 1. The van der Waals surface area contributed by atoms with Crippen LogP contribution in [0.5, 0.6) is 0 Å². The summed E-state index contributed by atoms with van der Waals surface area (Å²) in [5, 5.41) is 14.3. The second-order valence-corrected chi connectivity index (χ2v) is 9.82. The van der Waals surface area contributed by atoms with Gasteiger partial charge in [0.05, 0.1) is 11.1 Å². The first-order valence-electron chi connectivity index (χ1n) is 12.4. The van der Waals surface area contributed by atoms with Gasteiger partial charge in [-0.1, -0.05) is 6.92 Å². The number of hydrogen-bond donors (Lipinski definition) is 1. The molecule has 0 radical (unpaired) electrons. The smallest absolute Gasteiger partial charge is 0.224 e. The highest BCUT2D eigenvalue weighted by Gasteiger charge is 2.26. The van der Waals surface area contributed by atoms with E-state index in [4.69, 9.17) is 0 Å². The van der Waals surface area contributed by atoms with Crippen LogP contribution < -0.4 is 10.2 Å². The molecule has 2 aromatic rings. The molecule has 0 amide bonds. The van der Waals surface area contributed by atoms with Crippen LogP contribution in [0.25, 0.3) is 10.9 Å². The summed E-state index contributed by atoms with van der Waals surface area (Å²) in [5.41, 5.74) is 3.71. The number of nitrogens with zero attached hydrogens (tertiary/aromatic N) is 7. The van der Waals surface area contributed by atoms with E-state index in [9.17, 15) is 5.26 Å². The fraction of sp³-hybridized carbons (Fsp3) is 0.481. The molecule has 0 spiro atoms. The SMILES string of the molecule is C=N/C(=N\C=C(/C)CN[C@@H]1C[C@H](C)CN(c2ccc(C#N)c3ncccc23)C1)N1CCN(C)CC1. The molecule has 1 N–H and O–H groups in total. The Morgan fingerprint density at radius 2 is 2.06 bits per heavy atom. The third-order valence-corrected chi connectivity index (χ3v) is 6.87. The molecule has 0 aliphatic carbocycles. The lowest BCUT2D eigenvalue weighted by Gasteiger charge is -2.39. The topological polar surface area (TPSA) is 83.1 Å². The standard InChI is InChI=1S/C27H36N8/c1-20-14-23(31-16-21(2)17-32-27(29-3)34-12-10-33(4)11-13-34)19-35(18-20)25-8-7-22(15-28)26-24(25)6-5-9-30-26/h5-9,17,20,23,31H,3,10-14,16,18-19H2,1-2,4H3/b21-17+,32-27+/t20-,23+/m0/s1. The highest BCUT2D eigenvalue weighted by atomic mass is 15.3. The van der Waals surface area contributed by atoms with Crippen molar-refractivity contribution in [2.24, 2.45) is 15.9 Å². The lowest BCUT2D eigenvalue weighted by atomic mass is 9.94. The summed E-state index contributed by atoms with van der Waals surface area (Å²) in [7, 11) is 2.14. The van der Waals surface area contributed by atoms with Crippen molar-refractivity contribution >= 4 is 29.3 Å². The van der Waals surface area contributed by atoms with Crippen LogP contribution in [0, 0.1) is 17.2 Å². The maximum absolute atomic E-state index is 9.48. The van der Waals surface area contributed by atoms with Crippen LogP contribution in [0.3, 0.4) is 0 Å². The Kier molecular flexibility index (Phi) is 8.11. The minimum Gasteiger partial charge on any atom is -0.369 e. The van der Waals surface area contributed by atoms with Gasteiger partial charge >= 0.3 is 0 Å².